The van der Waals surface area contributed by atoms with Crippen molar-refractivity contribution in [2.45, 2.75) is 26.0 Å². The first-order valence-corrected chi connectivity index (χ1v) is 8.60. The van der Waals surface area contributed by atoms with Crippen LogP contribution in [0.25, 0.3) is 10.9 Å². The molecule has 0 spiro atoms. The fourth-order valence-corrected chi connectivity index (χ4v) is 3.30. The molecule has 0 saturated heterocycles. The van der Waals surface area contributed by atoms with Gasteiger partial charge in [-0.05, 0) is 42.8 Å². The third-order valence-corrected chi connectivity index (χ3v) is 4.65. The van der Waals surface area contributed by atoms with E-state index in [1.54, 1.807) is 22.8 Å². The minimum Gasteiger partial charge on any atom is -0.496 e. The average molecular weight is 368 g/mol. The van der Waals surface area contributed by atoms with Gasteiger partial charge in [-0.25, -0.2) is 14.2 Å². The number of halogens is 1. The van der Waals surface area contributed by atoms with E-state index in [2.05, 4.69) is 4.98 Å². The van der Waals surface area contributed by atoms with Crippen LogP contribution >= 0.6 is 0 Å². The maximum absolute atomic E-state index is 13.4. The van der Waals surface area contributed by atoms with E-state index in [-0.39, 0.29) is 17.7 Å². The normalized spacial score (nSPS) is 12.8. The van der Waals surface area contributed by atoms with Crippen LogP contribution in [-0.2, 0) is 24.3 Å². The van der Waals surface area contributed by atoms with Crippen molar-refractivity contribution in [1.82, 2.24) is 9.55 Å². The van der Waals surface area contributed by atoms with Crippen LogP contribution in [0.4, 0.5) is 4.39 Å². The lowest BCUT2D eigenvalue weighted by Crippen LogP contribution is -2.21. The number of fused-ring (bicyclic) bond motifs is 2. The number of hydrogen-bond donors (Lipinski definition) is 0. The number of aryl methyl sites for hydroxylation is 1. The fourth-order valence-electron chi connectivity index (χ4n) is 3.30. The summed E-state index contributed by atoms with van der Waals surface area (Å²) in [5, 5.41) is 0.476. The Morgan fingerprint density at radius 3 is 2.93 bits per heavy atom. The second-order valence-electron chi connectivity index (χ2n) is 6.35. The molecule has 1 aliphatic rings. The molecule has 0 radical (unpaired) electrons. The average Bonchev–Trinajstić information content (AvgIpc) is 3.14. The molecule has 2 aromatic carbocycles. The summed E-state index contributed by atoms with van der Waals surface area (Å²) in [5.41, 5.74) is 1.11. The van der Waals surface area contributed by atoms with E-state index >= 15 is 0 Å². The summed E-state index contributed by atoms with van der Waals surface area (Å²) in [6.07, 6.45) is 1.64. The zero-order valence-corrected chi connectivity index (χ0v) is 14.7. The van der Waals surface area contributed by atoms with Crippen LogP contribution in [0.15, 0.2) is 41.2 Å². The van der Waals surface area contributed by atoms with Crippen molar-refractivity contribution in [1.29, 1.82) is 0 Å². The number of carbonyl (C=O) groups is 1. The fraction of sp³-hybridized carbons (Fsp3) is 0.250. The highest BCUT2D eigenvalue weighted by Crippen LogP contribution is 2.21. The van der Waals surface area contributed by atoms with E-state index in [0.29, 0.717) is 28.8 Å². The highest BCUT2D eigenvalue weighted by atomic mass is 19.1. The van der Waals surface area contributed by atoms with Crippen LogP contribution in [0.3, 0.4) is 0 Å². The Labute approximate surface area is 154 Å². The van der Waals surface area contributed by atoms with E-state index in [1.807, 2.05) is 0 Å². The van der Waals surface area contributed by atoms with Gasteiger partial charge in [-0.2, -0.15) is 0 Å². The summed E-state index contributed by atoms with van der Waals surface area (Å²) in [7, 11) is 1.46. The van der Waals surface area contributed by atoms with Crippen molar-refractivity contribution < 1.29 is 18.7 Å². The Hall–Kier alpha value is -3.22. The molecule has 6 nitrogen and oxygen atoms in total. The van der Waals surface area contributed by atoms with Gasteiger partial charge in [0.25, 0.3) is 5.56 Å². The van der Waals surface area contributed by atoms with E-state index in [0.717, 1.165) is 18.7 Å². The molecule has 7 heteroatoms. The first-order chi connectivity index (χ1) is 13.1. The number of esters is 1. The molecule has 2 heterocycles. The second-order valence-corrected chi connectivity index (χ2v) is 6.35. The molecule has 0 fully saturated rings. The molecule has 0 bridgehead atoms. The third-order valence-electron chi connectivity index (χ3n) is 4.65. The van der Waals surface area contributed by atoms with E-state index in [4.69, 9.17) is 9.47 Å². The highest BCUT2D eigenvalue weighted by Gasteiger charge is 2.18. The number of hydrogen-bond acceptors (Lipinski definition) is 5. The molecule has 27 heavy (non-hydrogen) atoms. The van der Waals surface area contributed by atoms with Crippen molar-refractivity contribution in [3.05, 3.63) is 69.5 Å². The summed E-state index contributed by atoms with van der Waals surface area (Å²) in [6.45, 7) is 0.550. The molecule has 4 rings (SSSR count). The first kappa shape index (κ1) is 17.2. The minimum atomic E-state index is -0.578. The van der Waals surface area contributed by atoms with E-state index < -0.39 is 11.8 Å². The van der Waals surface area contributed by atoms with Crippen LogP contribution in [0.2, 0.25) is 0 Å². The molecule has 0 aliphatic carbocycles. The Balaban J connectivity index is 1.59. The molecule has 0 amide bonds. The zero-order chi connectivity index (χ0) is 19.0. The summed E-state index contributed by atoms with van der Waals surface area (Å²) in [6, 6.07) is 8.70. The van der Waals surface area contributed by atoms with Crippen molar-refractivity contribution in [2.24, 2.45) is 0 Å². The molecular weight excluding hydrogens is 351 g/mol. The van der Waals surface area contributed by atoms with Gasteiger partial charge >= 0.3 is 5.97 Å². The summed E-state index contributed by atoms with van der Waals surface area (Å²) < 4.78 is 25.5. The van der Waals surface area contributed by atoms with Gasteiger partial charge in [-0.15, -0.1) is 0 Å². The monoisotopic (exact) mass is 368 g/mol. The molecule has 0 unspecified atom stereocenters. The Kier molecular flexibility index (Phi) is 4.35. The first-order valence-electron chi connectivity index (χ1n) is 8.60. The summed E-state index contributed by atoms with van der Waals surface area (Å²) in [5.74, 6) is 0.159. The van der Waals surface area contributed by atoms with Crippen LogP contribution in [0.5, 0.6) is 5.75 Å². The standard InChI is InChI=1S/C20H17FN2O4/c1-26-17-7-5-14(21)9-13(17)11-27-20(25)12-4-6-15-16(10-12)22-18-3-2-8-23(18)19(15)24/h4-7,9-10H,2-3,8,11H2,1H3. The predicted molar refractivity (Wildman–Crippen MR) is 96.4 cm³/mol. The molecule has 1 aromatic heterocycles. The largest absolute Gasteiger partial charge is 0.496 e. The van der Waals surface area contributed by atoms with Crippen molar-refractivity contribution in [2.75, 3.05) is 7.11 Å². The van der Waals surface area contributed by atoms with Gasteiger partial charge < -0.3 is 9.47 Å². The highest BCUT2D eigenvalue weighted by molar-refractivity contribution is 5.94. The Morgan fingerprint density at radius 1 is 1.26 bits per heavy atom. The molecule has 1 aliphatic heterocycles. The number of methoxy groups -OCH3 is 1. The second kappa shape index (κ2) is 6.83. The maximum Gasteiger partial charge on any atom is 0.338 e. The van der Waals surface area contributed by atoms with E-state index in [9.17, 15) is 14.0 Å². The summed E-state index contributed by atoms with van der Waals surface area (Å²) in [4.78, 5) is 29.4. The van der Waals surface area contributed by atoms with Gasteiger partial charge in [-0.3, -0.25) is 9.36 Å². The van der Waals surface area contributed by atoms with Gasteiger partial charge in [0, 0.05) is 18.5 Å². The number of nitrogens with zero attached hydrogens (tertiary/aromatic N) is 2. The number of benzene rings is 2. The lowest BCUT2D eigenvalue weighted by atomic mass is 10.1. The number of carbonyl (C=O) groups excluding carboxylic acids is 1. The lowest BCUT2D eigenvalue weighted by molar-refractivity contribution is 0.0470. The Morgan fingerprint density at radius 2 is 2.11 bits per heavy atom. The van der Waals surface area contributed by atoms with E-state index in [1.165, 1.54) is 25.3 Å². The zero-order valence-electron chi connectivity index (χ0n) is 14.7. The number of aromatic nitrogens is 2. The molecule has 0 saturated carbocycles. The summed E-state index contributed by atoms with van der Waals surface area (Å²) >= 11 is 0. The van der Waals surface area contributed by atoms with Crippen molar-refractivity contribution >= 4 is 16.9 Å². The van der Waals surface area contributed by atoms with Gasteiger partial charge in [0.15, 0.2) is 0 Å². The number of ether oxygens (including phenoxy) is 2. The maximum atomic E-state index is 13.4. The number of rotatable bonds is 4. The SMILES string of the molecule is COc1ccc(F)cc1COC(=O)c1ccc2c(=O)n3c(nc2c1)CCC3. The van der Waals surface area contributed by atoms with Crippen LogP contribution in [0.1, 0.15) is 28.2 Å². The topological polar surface area (TPSA) is 70.4 Å². The van der Waals surface area contributed by atoms with Gasteiger partial charge in [0.2, 0.25) is 0 Å². The third kappa shape index (κ3) is 3.16. The molecule has 0 atom stereocenters. The smallest absolute Gasteiger partial charge is 0.338 e. The Bertz CT molecular complexity index is 1110. The van der Waals surface area contributed by atoms with Gasteiger partial charge in [0.1, 0.15) is 24.0 Å². The lowest BCUT2D eigenvalue weighted by Gasteiger charge is -2.10. The molecular formula is C20H17FN2O4. The van der Waals surface area contributed by atoms with Gasteiger partial charge in [0.05, 0.1) is 23.6 Å². The van der Waals surface area contributed by atoms with Crippen molar-refractivity contribution in [3.63, 3.8) is 0 Å². The van der Waals surface area contributed by atoms with Crippen molar-refractivity contribution in [3.8, 4) is 5.75 Å². The minimum absolute atomic E-state index is 0.0862. The quantitative estimate of drug-likeness (QED) is 0.663. The van der Waals surface area contributed by atoms with Crippen LogP contribution < -0.4 is 10.3 Å². The molecule has 138 valence electrons. The van der Waals surface area contributed by atoms with Crippen LogP contribution in [0, 0.1) is 5.82 Å². The van der Waals surface area contributed by atoms with Crippen LogP contribution in [-0.4, -0.2) is 22.6 Å². The predicted octanol–water partition coefficient (Wildman–Crippen LogP) is 2.85. The van der Waals surface area contributed by atoms with Gasteiger partial charge in [-0.1, -0.05) is 0 Å². The molecule has 0 N–H and O–H groups in total. The molecule has 3 aromatic rings.